The third kappa shape index (κ3) is 5.41. The van der Waals surface area contributed by atoms with Crippen LogP contribution in [0.5, 0.6) is 11.5 Å². The van der Waals surface area contributed by atoms with Crippen molar-refractivity contribution in [2.45, 2.75) is 6.92 Å². The normalized spacial score (nSPS) is 14.8. The number of imide groups is 1. The number of anilines is 1. The zero-order valence-corrected chi connectivity index (χ0v) is 19.7. The molecule has 2 amide bonds. The maximum atomic E-state index is 12.9. The summed E-state index contributed by atoms with van der Waals surface area (Å²) in [6.07, 6.45) is 1.59. The zero-order chi connectivity index (χ0) is 22.5. The number of amides is 2. The van der Waals surface area contributed by atoms with Crippen LogP contribution in [0.25, 0.3) is 6.08 Å². The molecule has 1 heterocycles. The predicted octanol–water partition coefficient (Wildman–Crippen LogP) is 5.29. The maximum Gasteiger partial charge on any atom is 0.343 e. The molecule has 2 aromatic carbocycles. The Bertz CT molecular complexity index is 1060. The van der Waals surface area contributed by atoms with Crippen molar-refractivity contribution in [1.29, 1.82) is 0 Å². The van der Waals surface area contributed by atoms with Gasteiger partial charge in [0.25, 0.3) is 11.1 Å². The van der Waals surface area contributed by atoms with Crippen molar-refractivity contribution in [3.8, 4) is 11.5 Å². The lowest BCUT2D eigenvalue weighted by atomic mass is 10.1. The molecule has 0 unspecified atom stereocenters. The average Bonchev–Trinajstić information content (AvgIpc) is 3.02. The van der Waals surface area contributed by atoms with Gasteiger partial charge in [-0.05, 0) is 66.7 Å². The minimum atomic E-state index is -0.529. The van der Waals surface area contributed by atoms with Crippen molar-refractivity contribution >= 4 is 68.2 Å². The molecule has 1 aliphatic heterocycles. The predicted molar refractivity (Wildman–Crippen MR) is 123 cm³/mol. The summed E-state index contributed by atoms with van der Waals surface area (Å²) in [7, 11) is 1.27. The molecule has 0 atom stereocenters. The van der Waals surface area contributed by atoms with Gasteiger partial charge in [0.15, 0.2) is 18.1 Å². The SMILES string of the molecule is CCOc1cc(/C=C2/SC(=O)N(c3ccc(Cl)cc3)C2=O)c(Br)cc1OCC(=O)OC. The second-order valence-electron chi connectivity index (χ2n) is 6.11. The Labute approximate surface area is 196 Å². The molecule has 0 radical (unpaired) electrons. The highest BCUT2D eigenvalue weighted by Crippen LogP contribution is 2.39. The Morgan fingerprint density at radius 3 is 2.48 bits per heavy atom. The third-order valence-electron chi connectivity index (χ3n) is 4.10. The average molecular weight is 527 g/mol. The van der Waals surface area contributed by atoms with E-state index in [2.05, 4.69) is 20.7 Å². The molecule has 1 aliphatic rings. The highest BCUT2D eigenvalue weighted by atomic mass is 79.9. The van der Waals surface area contributed by atoms with Gasteiger partial charge < -0.3 is 14.2 Å². The molecule has 0 aromatic heterocycles. The molecule has 0 saturated carbocycles. The Kier molecular flexibility index (Phi) is 7.64. The van der Waals surface area contributed by atoms with Gasteiger partial charge in [0, 0.05) is 9.50 Å². The second-order valence-corrected chi connectivity index (χ2v) is 8.40. The first kappa shape index (κ1) is 23.2. The lowest BCUT2D eigenvalue weighted by Crippen LogP contribution is -2.27. The van der Waals surface area contributed by atoms with Gasteiger partial charge in [-0.1, -0.05) is 27.5 Å². The van der Waals surface area contributed by atoms with E-state index < -0.39 is 17.1 Å². The van der Waals surface area contributed by atoms with Gasteiger partial charge in [-0.25, -0.2) is 9.69 Å². The molecule has 7 nitrogen and oxygen atoms in total. The molecule has 1 saturated heterocycles. The van der Waals surface area contributed by atoms with Crippen LogP contribution in [0, 0.1) is 0 Å². The van der Waals surface area contributed by atoms with Gasteiger partial charge in [0.05, 0.1) is 24.3 Å². The summed E-state index contributed by atoms with van der Waals surface area (Å²) in [5.74, 6) is -0.241. The Morgan fingerprint density at radius 2 is 1.84 bits per heavy atom. The molecule has 1 fully saturated rings. The van der Waals surface area contributed by atoms with E-state index >= 15 is 0 Å². The van der Waals surface area contributed by atoms with E-state index in [9.17, 15) is 14.4 Å². The quantitative estimate of drug-likeness (QED) is 0.358. The third-order valence-corrected chi connectivity index (χ3v) is 5.91. The standard InChI is InChI=1S/C21H17BrClNO6S/c1-3-29-16-8-12(15(22)10-17(16)30-11-19(25)28-2)9-18-20(26)24(21(27)31-18)14-6-4-13(23)5-7-14/h4-10H,3,11H2,1-2H3/b18-9+. The van der Waals surface area contributed by atoms with Crippen LogP contribution >= 0.6 is 39.3 Å². The summed E-state index contributed by atoms with van der Waals surface area (Å²) in [4.78, 5) is 38.0. The number of halogens is 2. The van der Waals surface area contributed by atoms with Gasteiger partial charge in [-0.3, -0.25) is 9.59 Å². The number of esters is 1. The Hall–Kier alpha value is -2.49. The fourth-order valence-corrected chi connectivity index (χ4v) is 4.05. The van der Waals surface area contributed by atoms with Crippen molar-refractivity contribution in [2.75, 3.05) is 25.2 Å². The number of methoxy groups -OCH3 is 1. The topological polar surface area (TPSA) is 82.1 Å². The fraction of sp³-hybridized carbons (Fsp3) is 0.190. The minimum Gasteiger partial charge on any atom is -0.490 e. The van der Waals surface area contributed by atoms with Crippen molar-refractivity contribution < 1.29 is 28.6 Å². The van der Waals surface area contributed by atoms with Crippen LogP contribution in [0.1, 0.15) is 12.5 Å². The van der Waals surface area contributed by atoms with Crippen LogP contribution < -0.4 is 14.4 Å². The van der Waals surface area contributed by atoms with Gasteiger partial charge >= 0.3 is 5.97 Å². The largest absolute Gasteiger partial charge is 0.490 e. The van der Waals surface area contributed by atoms with E-state index in [1.165, 1.54) is 7.11 Å². The maximum absolute atomic E-state index is 12.9. The van der Waals surface area contributed by atoms with Crippen LogP contribution in [0.4, 0.5) is 10.5 Å². The molecule has 0 spiro atoms. The van der Waals surface area contributed by atoms with Crippen LogP contribution in [-0.2, 0) is 14.3 Å². The first-order valence-corrected chi connectivity index (χ1v) is 11.0. The summed E-state index contributed by atoms with van der Waals surface area (Å²) in [5, 5.41) is 0.103. The van der Waals surface area contributed by atoms with E-state index in [1.54, 1.807) is 42.5 Å². The summed E-state index contributed by atoms with van der Waals surface area (Å²) in [5.41, 5.74) is 1.05. The van der Waals surface area contributed by atoms with E-state index in [4.69, 9.17) is 21.1 Å². The van der Waals surface area contributed by atoms with Crippen LogP contribution in [0.15, 0.2) is 45.8 Å². The molecule has 0 bridgehead atoms. The monoisotopic (exact) mass is 525 g/mol. The number of nitrogens with zero attached hydrogens (tertiary/aromatic N) is 1. The molecule has 0 N–H and O–H groups in total. The fourth-order valence-electron chi connectivity index (χ4n) is 2.66. The summed E-state index contributed by atoms with van der Waals surface area (Å²) >= 11 is 10.2. The molecule has 3 rings (SSSR count). The number of hydrogen-bond acceptors (Lipinski definition) is 7. The number of hydrogen-bond donors (Lipinski definition) is 0. The summed E-state index contributed by atoms with van der Waals surface area (Å²) < 4.78 is 16.3. The molecule has 31 heavy (non-hydrogen) atoms. The number of ether oxygens (including phenoxy) is 3. The van der Waals surface area contributed by atoms with Crippen molar-refractivity contribution in [1.82, 2.24) is 0 Å². The molecule has 162 valence electrons. The van der Waals surface area contributed by atoms with Crippen molar-refractivity contribution in [3.05, 3.63) is 56.4 Å². The van der Waals surface area contributed by atoms with E-state index in [-0.39, 0.29) is 11.5 Å². The molecular formula is C21H17BrClNO6S. The highest BCUT2D eigenvalue weighted by molar-refractivity contribution is 9.10. The summed E-state index contributed by atoms with van der Waals surface area (Å²) in [6, 6.07) is 9.74. The van der Waals surface area contributed by atoms with Crippen molar-refractivity contribution in [2.24, 2.45) is 0 Å². The number of rotatable bonds is 7. The van der Waals surface area contributed by atoms with E-state index in [1.807, 2.05) is 6.92 Å². The van der Waals surface area contributed by atoms with Crippen LogP contribution in [0.2, 0.25) is 5.02 Å². The first-order chi connectivity index (χ1) is 14.8. The lowest BCUT2D eigenvalue weighted by molar-refractivity contribution is -0.142. The number of thioether (sulfide) groups is 1. The Morgan fingerprint density at radius 1 is 1.16 bits per heavy atom. The first-order valence-electron chi connectivity index (χ1n) is 9.03. The second kappa shape index (κ2) is 10.2. The highest BCUT2D eigenvalue weighted by Gasteiger charge is 2.36. The van der Waals surface area contributed by atoms with E-state index in [0.717, 1.165) is 16.7 Å². The minimum absolute atomic E-state index is 0.256. The van der Waals surface area contributed by atoms with Gasteiger partial charge in [-0.2, -0.15) is 0 Å². The van der Waals surface area contributed by atoms with Gasteiger partial charge in [0.2, 0.25) is 0 Å². The number of benzene rings is 2. The van der Waals surface area contributed by atoms with Crippen LogP contribution in [-0.4, -0.2) is 37.4 Å². The summed E-state index contributed by atoms with van der Waals surface area (Å²) in [6.45, 7) is 1.90. The van der Waals surface area contributed by atoms with Crippen LogP contribution in [0.3, 0.4) is 0 Å². The zero-order valence-electron chi connectivity index (χ0n) is 16.5. The molecule has 10 heteroatoms. The lowest BCUT2D eigenvalue weighted by Gasteiger charge is -2.14. The number of carbonyl (C=O) groups is 3. The van der Waals surface area contributed by atoms with Gasteiger partial charge in [-0.15, -0.1) is 0 Å². The molecule has 2 aromatic rings. The van der Waals surface area contributed by atoms with Gasteiger partial charge in [0.1, 0.15) is 0 Å². The molecular weight excluding hydrogens is 510 g/mol. The smallest absolute Gasteiger partial charge is 0.343 e. The van der Waals surface area contributed by atoms with Crippen molar-refractivity contribution in [3.63, 3.8) is 0 Å². The Balaban J connectivity index is 1.90. The number of carbonyl (C=O) groups excluding carboxylic acids is 3. The molecule has 0 aliphatic carbocycles. The van der Waals surface area contributed by atoms with E-state index in [0.29, 0.717) is 38.9 Å².